The van der Waals surface area contributed by atoms with E-state index in [1.54, 1.807) is 42.5 Å². The highest BCUT2D eigenvalue weighted by Gasteiger charge is 2.61. The Morgan fingerprint density at radius 1 is 0.778 bits per heavy atom. The van der Waals surface area contributed by atoms with Gasteiger partial charge in [0.2, 0.25) is 0 Å². The molecule has 0 saturated carbocycles. The molecule has 4 aliphatic heterocycles. The smallest absolute Gasteiger partial charge is 0.339 e. The summed E-state index contributed by atoms with van der Waals surface area (Å²) in [4.78, 5) is 79.7. The highest BCUT2D eigenvalue weighted by Crippen LogP contribution is 2.41. The first-order valence-electron chi connectivity index (χ1n) is 17.0. The third-order valence-corrected chi connectivity index (χ3v) is 9.01. The highest BCUT2D eigenvalue weighted by atomic mass is 16.8. The van der Waals surface area contributed by atoms with E-state index in [0.29, 0.717) is 5.56 Å². The van der Waals surface area contributed by atoms with E-state index in [1.165, 1.54) is 18.2 Å². The molecule has 4 heterocycles. The van der Waals surface area contributed by atoms with Crippen LogP contribution >= 0.6 is 0 Å². The summed E-state index contributed by atoms with van der Waals surface area (Å²) in [5.41, 5.74) is 0.837. The summed E-state index contributed by atoms with van der Waals surface area (Å²) in [6.45, 7) is 6.68. The van der Waals surface area contributed by atoms with E-state index in [4.69, 9.17) is 47.4 Å². The van der Waals surface area contributed by atoms with E-state index < -0.39 is 103 Å². The Morgan fingerprint density at radius 3 is 1.96 bits per heavy atom. The predicted molar refractivity (Wildman–Crippen MR) is 178 cm³/mol. The molecule has 1 unspecified atom stereocenters. The summed E-state index contributed by atoms with van der Waals surface area (Å²) in [6, 6.07) is 13.7. The standard InChI is InChI=1S/C37H39NO16/c1-6-16-46-36-25(38-32(42)22-14-10-11-15-23(22)33(38)43)27(26-24(51-36)17-47-35(52-26)21-12-8-7-9-13-21)53-37-31(50-20(4)41)29(49-19(3)40)28(48-18(2)39)30(54-37)34(44)45-5/h6-15,24-31,35-37H,1,16-17H2,2-5H3/t24-,25-,26-,27-,28+,29+,30+,31-,35?,36-,37-/m1/s1. The zero-order valence-electron chi connectivity index (χ0n) is 29.7. The van der Waals surface area contributed by atoms with Gasteiger partial charge in [0.15, 0.2) is 43.3 Å². The Kier molecular flexibility index (Phi) is 11.8. The molecule has 54 heavy (non-hydrogen) atoms. The first kappa shape index (κ1) is 38.7. The van der Waals surface area contributed by atoms with Crippen molar-refractivity contribution in [3.8, 4) is 0 Å². The van der Waals surface area contributed by atoms with Gasteiger partial charge in [0.25, 0.3) is 11.8 Å². The molecule has 2 amide bonds. The average molecular weight is 754 g/mol. The number of imide groups is 1. The van der Waals surface area contributed by atoms with Crippen molar-refractivity contribution in [3.05, 3.63) is 83.9 Å². The Balaban J connectivity index is 1.48. The van der Waals surface area contributed by atoms with Crippen LogP contribution in [0.1, 0.15) is 53.3 Å². The molecule has 0 bridgehead atoms. The molecule has 0 radical (unpaired) electrons. The van der Waals surface area contributed by atoms with Gasteiger partial charge in [-0.25, -0.2) is 4.79 Å². The van der Waals surface area contributed by atoms with Gasteiger partial charge in [0.05, 0.1) is 31.5 Å². The van der Waals surface area contributed by atoms with E-state index in [0.717, 1.165) is 32.8 Å². The lowest BCUT2D eigenvalue weighted by atomic mass is 9.93. The van der Waals surface area contributed by atoms with Crippen LogP contribution in [0.3, 0.4) is 0 Å². The van der Waals surface area contributed by atoms with E-state index in [1.807, 2.05) is 0 Å². The fourth-order valence-electron chi connectivity index (χ4n) is 6.89. The molecule has 6 rings (SSSR count). The Bertz CT molecular complexity index is 1730. The monoisotopic (exact) mass is 753 g/mol. The van der Waals surface area contributed by atoms with Crippen molar-refractivity contribution < 1.29 is 76.1 Å². The SMILES string of the molecule is C=CCO[C@@H]1O[C@@H]2COC(c3ccccc3)O[C@H]2[C@H](O[C@@H]2O[C@H](C(=O)OC)[C@@H](OC(C)=O)[C@H](OC(C)=O)[C@H]2OC(C)=O)[C@H]1N1C(=O)c2ccccc2C1=O. The largest absolute Gasteiger partial charge is 0.467 e. The van der Waals surface area contributed by atoms with Gasteiger partial charge in [0.1, 0.15) is 24.4 Å². The molecule has 2 aromatic rings. The zero-order chi connectivity index (χ0) is 38.7. The number of esters is 4. The van der Waals surface area contributed by atoms with Crippen molar-refractivity contribution >= 4 is 35.7 Å². The number of nitrogens with zero attached hydrogens (tertiary/aromatic N) is 1. The summed E-state index contributed by atoms with van der Waals surface area (Å²) in [6.07, 6.45) is -13.2. The van der Waals surface area contributed by atoms with Crippen LogP contribution in [0.25, 0.3) is 0 Å². The average Bonchev–Trinajstić information content (AvgIpc) is 3.40. The van der Waals surface area contributed by atoms with E-state index >= 15 is 0 Å². The van der Waals surface area contributed by atoms with Crippen molar-refractivity contribution in [1.82, 2.24) is 4.90 Å². The number of hydrogen-bond donors (Lipinski definition) is 0. The van der Waals surface area contributed by atoms with Gasteiger partial charge >= 0.3 is 23.9 Å². The number of fused-ring (bicyclic) bond motifs is 2. The molecule has 11 atom stereocenters. The maximum Gasteiger partial charge on any atom is 0.339 e. The maximum absolute atomic E-state index is 14.1. The molecule has 0 aliphatic carbocycles. The summed E-state index contributed by atoms with van der Waals surface area (Å²) in [5.74, 6) is -5.14. The molecule has 0 aromatic heterocycles. The lowest BCUT2D eigenvalue weighted by Crippen LogP contribution is -2.71. The summed E-state index contributed by atoms with van der Waals surface area (Å²) >= 11 is 0. The number of rotatable bonds is 11. The van der Waals surface area contributed by atoms with E-state index in [2.05, 4.69) is 6.58 Å². The fourth-order valence-corrected chi connectivity index (χ4v) is 6.89. The molecular formula is C37H39NO16. The molecule has 3 saturated heterocycles. The van der Waals surface area contributed by atoms with Crippen LogP contribution in [0.4, 0.5) is 0 Å². The van der Waals surface area contributed by atoms with Crippen LogP contribution in [0.2, 0.25) is 0 Å². The summed E-state index contributed by atoms with van der Waals surface area (Å²) in [5, 5.41) is 0. The van der Waals surface area contributed by atoms with Crippen LogP contribution in [-0.2, 0) is 66.5 Å². The molecular weight excluding hydrogens is 714 g/mol. The molecule has 288 valence electrons. The first-order chi connectivity index (χ1) is 25.9. The highest BCUT2D eigenvalue weighted by molar-refractivity contribution is 6.21. The van der Waals surface area contributed by atoms with Crippen LogP contribution in [-0.4, -0.2) is 122 Å². The second-order valence-electron chi connectivity index (χ2n) is 12.6. The zero-order valence-corrected chi connectivity index (χ0v) is 29.7. The van der Waals surface area contributed by atoms with Gasteiger partial charge in [0, 0.05) is 26.3 Å². The lowest BCUT2D eigenvalue weighted by molar-refractivity contribution is -0.379. The number of carbonyl (C=O) groups excluding carboxylic acids is 6. The van der Waals surface area contributed by atoms with Gasteiger partial charge < -0.3 is 47.4 Å². The number of carbonyl (C=O) groups is 6. The fraction of sp³-hybridized carbons (Fsp3) is 0.459. The molecule has 17 nitrogen and oxygen atoms in total. The van der Waals surface area contributed by atoms with Crippen molar-refractivity contribution in [1.29, 1.82) is 0 Å². The maximum atomic E-state index is 14.1. The van der Waals surface area contributed by atoms with Crippen LogP contribution in [0, 0.1) is 0 Å². The topological polar surface area (TPSA) is 198 Å². The second kappa shape index (κ2) is 16.5. The Labute approximate surface area is 309 Å². The lowest BCUT2D eigenvalue weighted by Gasteiger charge is -2.52. The molecule has 17 heteroatoms. The van der Waals surface area contributed by atoms with Crippen molar-refractivity contribution in [2.45, 2.75) is 88.4 Å². The molecule has 2 aromatic carbocycles. The van der Waals surface area contributed by atoms with E-state index in [9.17, 15) is 28.8 Å². The minimum atomic E-state index is -1.84. The van der Waals surface area contributed by atoms with Crippen molar-refractivity contribution in [3.63, 3.8) is 0 Å². The van der Waals surface area contributed by atoms with Gasteiger partial charge in [-0.15, -0.1) is 6.58 Å². The summed E-state index contributed by atoms with van der Waals surface area (Å²) < 4.78 is 59.1. The molecule has 3 fully saturated rings. The van der Waals surface area contributed by atoms with Crippen LogP contribution in [0.5, 0.6) is 0 Å². The minimum Gasteiger partial charge on any atom is -0.467 e. The molecule has 0 N–H and O–H groups in total. The van der Waals surface area contributed by atoms with Gasteiger partial charge in [-0.2, -0.15) is 0 Å². The Hall–Kier alpha value is -5.04. The van der Waals surface area contributed by atoms with E-state index in [-0.39, 0.29) is 24.3 Å². The normalized spacial score (nSPS) is 31.8. The van der Waals surface area contributed by atoms with Crippen LogP contribution in [0.15, 0.2) is 67.3 Å². The van der Waals surface area contributed by atoms with Gasteiger partial charge in [-0.05, 0) is 12.1 Å². The van der Waals surface area contributed by atoms with Gasteiger partial charge in [-0.1, -0.05) is 48.5 Å². The molecule has 4 aliphatic rings. The number of benzene rings is 2. The number of hydrogen-bond acceptors (Lipinski definition) is 16. The number of ether oxygens (including phenoxy) is 10. The first-order valence-corrected chi connectivity index (χ1v) is 17.0. The third kappa shape index (κ3) is 7.77. The molecule has 0 spiro atoms. The predicted octanol–water partition coefficient (Wildman–Crippen LogP) is 1.77. The van der Waals surface area contributed by atoms with Crippen molar-refractivity contribution in [2.75, 3.05) is 20.3 Å². The quantitative estimate of drug-likeness (QED) is 0.139. The van der Waals surface area contributed by atoms with Crippen molar-refractivity contribution in [2.24, 2.45) is 0 Å². The third-order valence-electron chi connectivity index (χ3n) is 9.01. The number of amides is 2. The second-order valence-corrected chi connectivity index (χ2v) is 12.6. The number of methoxy groups -OCH3 is 1. The van der Waals surface area contributed by atoms with Crippen LogP contribution < -0.4 is 0 Å². The summed E-state index contributed by atoms with van der Waals surface area (Å²) in [7, 11) is 1.05. The van der Waals surface area contributed by atoms with Gasteiger partial charge in [-0.3, -0.25) is 28.9 Å². The minimum absolute atomic E-state index is 0.0822. The Morgan fingerprint density at radius 2 is 1.37 bits per heavy atom.